The summed E-state index contributed by atoms with van der Waals surface area (Å²) >= 11 is 0. The van der Waals surface area contributed by atoms with Crippen molar-refractivity contribution in [3.05, 3.63) is 95.8 Å². The van der Waals surface area contributed by atoms with Crippen LogP contribution in [0.5, 0.6) is 0 Å². The number of esters is 1. The van der Waals surface area contributed by atoms with Crippen LogP contribution in [0.3, 0.4) is 0 Å². The molecule has 1 unspecified atom stereocenters. The molecule has 36 heavy (non-hydrogen) atoms. The van der Waals surface area contributed by atoms with Gasteiger partial charge >= 0.3 is 12.1 Å². The smallest absolute Gasteiger partial charge is 0.414 e. The number of carbonyl (C=O) groups is 3. The minimum atomic E-state index is -0.950. The summed E-state index contributed by atoms with van der Waals surface area (Å²) in [5.74, 6) is -1.44. The van der Waals surface area contributed by atoms with E-state index in [2.05, 4.69) is 10.6 Å². The van der Waals surface area contributed by atoms with Crippen LogP contribution in [-0.4, -0.2) is 37.2 Å². The molecule has 2 N–H and O–H groups in total. The van der Waals surface area contributed by atoms with E-state index in [4.69, 9.17) is 9.47 Å². The van der Waals surface area contributed by atoms with Crippen molar-refractivity contribution >= 4 is 29.3 Å². The minimum Gasteiger partial charge on any atom is -0.459 e. The average Bonchev–Trinajstić information content (AvgIpc) is 3.27. The second-order valence-electron chi connectivity index (χ2n) is 8.30. The summed E-state index contributed by atoms with van der Waals surface area (Å²) in [6.45, 7) is 1.80. The Morgan fingerprint density at radius 1 is 1.08 bits per heavy atom. The van der Waals surface area contributed by atoms with E-state index in [0.29, 0.717) is 11.3 Å². The van der Waals surface area contributed by atoms with Gasteiger partial charge < -0.3 is 20.1 Å². The molecule has 0 bridgehead atoms. The first-order valence-electron chi connectivity index (χ1n) is 11.4. The van der Waals surface area contributed by atoms with Crippen molar-refractivity contribution in [1.29, 1.82) is 0 Å². The predicted octanol–water partition coefficient (Wildman–Crippen LogP) is 4.18. The zero-order chi connectivity index (χ0) is 25.5. The lowest BCUT2D eigenvalue weighted by Gasteiger charge is -2.21. The minimum absolute atomic E-state index is 0.0756. The third-order valence-electron chi connectivity index (χ3n) is 5.61. The molecule has 1 aliphatic rings. The molecule has 8 nitrogen and oxygen atoms in total. The first-order valence-corrected chi connectivity index (χ1v) is 11.4. The zero-order valence-corrected chi connectivity index (χ0v) is 19.6. The van der Waals surface area contributed by atoms with Crippen LogP contribution in [0.25, 0.3) is 0 Å². The van der Waals surface area contributed by atoms with E-state index >= 15 is 4.39 Å². The number of rotatable bonds is 9. The van der Waals surface area contributed by atoms with Gasteiger partial charge in [0.05, 0.1) is 24.5 Å². The number of amides is 2. The number of carbonyl (C=O) groups excluding carboxylic acids is 3. The van der Waals surface area contributed by atoms with Gasteiger partial charge in [0.15, 0.2) is 6.04 Å². The van der Waals surface area contributed by atoms with Crippen LogP contribution in [0.4, 0.5) is 20.6 Å². The number of nitrogens with one attached hydrogen (secondary N) is 2. The van der Waals surface area contributed by atoms with Crippen LogP contribution in [0.2, 0.25) is 0 Å². The zero-order valence-electron chi connectivity index (χ0n) is 19.6. The Bertz CT molecular complexity index is 1220. The largest absolute Gasteiger partial charge is 0.459 e. The number of hydrogen-bond donors (Lipinski definition) is 2. The Morgan fingerprint density at radius 3 is 2.44 bits per heavy atom. The third kappa shape index (κ3) is 6.18. The lowest BCUT2D eigenvalue weighted by atomic mass is 10.1. The van der Waals surface area contributed by atoms with E-state index in [-0.39, 0.29) is 31.3 Å². The fraction of sp³-hybridized carbons (Fsp3) is 0.222. The van der Waals surface area contributed by atoms with Gasteiger partial charge in [-0.25, -0.2) is 14.0 Å². The van der Waals surface area contributed by atoms with Crippen molar-refractivity contribution in [2.24, 2.45) is 0 Å². The molecule has 3 aromatic rings. The maximum atomic E-state index is 15.1. The summed E-state index contributed by atoms with van der Waals surface area (Å²) in [5.41, 5.74) is 1.83. The first-order chi connectivity index (χ1) is 17.4. The van der Waals surface area contributed by atoms with Gasteiger partial charge in [-0.1, -0.05) is 60.7 Å². The van der Waals surface area contributed by atoms with E-state index in [1.165, 1.54) is 24.0 Å². The summed E-state index contributed by atoms with van der Waals surface area (Å²) in [7, 11) is 0. The van der Waals surface area contributed by atoms with Crippen LogP contribution in [0.1, 0.15) is 24.1 Å². The Balaban J connectivity index is 1.48. The second kappa shape index (κ2) is 11.4. The van der Waals surface area contributed by atoms with Crippen molar-refractivity contribution in [3.8, 4) is 0 Å². The maximum Gasteiger partial charge on any atom is 0.414 e. The molecule has 0 saturated carbocycles. The first kappa shape index (κ1) is 24.7. The van der Waals surface area contributed by atoms with Crippen LogP contribution in [0, 0.1) is 5.82 Å². The quantitative estimate of drug-likeness (QED) is 0.436. The van der Waals surface area contributed by atoms with Crippen molar-refractivity contribution < 1.29 is 28.2 Å². The molecule has 1 saturated heterocycles. The van der Waals surface area contributed by atoms with E-state index in [1.807, 2.05) is 36.4 Å². The second-order valence-corrected chi connectivity index (χ2v) is 8.30. The molecule has 2 amide bonds. The van der Waals surface area contributed by atoms with Crippen molar-refractivity contribution in [2.75, 3.05) is 23.3 Å². The van der Waals surface area contributed by atoms with E-state index < -0.39 is 30.0 Å². The molecular formula is C27H26FN3O5. The number of halogens is 1. The van der Waals surface area contributed by atoms with Gasteiger partial charge in [-0.3, -0.25) is 9.69 Å². The molecule has 3 aromatic carbocycles. The maximum absolute atomic E-state index is 15.1. The highest BCUT2D eigenvalue weighted by Gasteiger charge is 2.33. The number of hydrogen-bond acceptors (Lipinski definition) is 6. The number of nitrogens with zero attached hydrogens (tertiary/aromatic N) is 1. The number of anilines is 2. The lowest BCUT2D eigenvalue weighted by molar-refractivity contribution is -0.146. The molecule has 186 valence electrons. The van der Waals surface area contributed by atoms with Crippen LogP contribution in [-0.2, 0) is 25.7 Å². The van der Waals surface area contributed by atoms with E-state index in [9.17, 15) is 14.4 Å². The summed E-state index contributed by atoms with van der Waals surface area (Å²) in [5, 5.41) is 5.54. The molecule has 2 atom stereocenters. The fourth-order valence-electron chi connectivity index (χ4n) is 3.78. The standard InChI is InChI=1S/C27H26FN3O5/c1-18(32)29-15-22-16-31(27(34)36-22)21-12-13-24(23(28)14-21)30-25(20-10-6-3-7-11-20)26(33)35-17-19-8-4-2-5-9-19/h2-14,22,25,30H,15-17H2,1H3,(H,29,32)/t22-,25?/m0/s1. The SMILES string of the molecule is CC(=O)NC[C@H]1CN(c2ccc(NC(C(=O)OCc3ccccc3)c3ccccc3)c(F)c2)C(=O)O1. The van der Waals surface area contributed by atoms with Gasteiger partial charge in [-0.05, 0) is 29.3 Å². The third-order valence-corrected chi connectivity index (χ3v) is 5.61. The highest BCUT2D eigenvalue weighted by Crippen LogP contribution is 2.29. The summed E-state index contributed by atoms with van der Waals surface area (Å²) in [6.07, 6.45) is -1.17. The Morgan fingerprint density at radius 2 is 1.78 bits per heavy atom. The summed E-state index contributed by atoms with van der Waals surface area (Å²) in [6, 6.07) is 21.4. The number of benzene rings is 3. The Hall–Kier alpha value is -4.40. The van der Waals surface area contributed by atoms with Crippen molar-refractivity contribution in [2.45, 2.75) is 25.7 Å². The van der Waals surface area contributed by atoms with Crippen molar-refractivity contribution in [3.63, 3.8) is 0 Å². The Kier molecular flexibility index (Phi) is 7.79. The number of ether oxygens (including phenoxy) is 2. The molecule has 9 heteroatoms. The predicted molar refractivity (Wildman–Crippen MR) is 132 cm³/mol. The highest BCUT2D eigenvalue weighted by molar-refractivity contribution is 5.90. The molecule has 1 fully saturated rings. The molecule has 0 radical (unpaired) electrons. The highest BCUT2D eigenvalue weighted by atomic mass is 19.1. The van der Waals surface area contributed by atoms with Crippen LogP contribution >= 0.6 is 0 Å². The van der Waals surface area contributed by atoms with Gasteiger partial charge in [0, 0.05) is 6.92 Å². The van der Waals surface area contributed by atoms with Crippen LogP contribution in [0.15, 0.2) is 78.9 Å². The molecule has 1 heterocycles. The molecular weight excluding hydrogens is 465 g/mol. The molecule has 1 aliphatic heterocycles. The number of cyclic esters (lactones) is 1. The van der Waals surface area contributed by atoms with Crippen molar-refractivity contribution in [1.82, 2.24) is 5.32 Å². The van der Waals surface area contributed by atoms with E-state index in [0.717, 1.165) is 5.56 Å². The van der Waals surface area contributed by atoms with Gasteiger partial charge in [0.1, 0.15) is 18.5 Å². The van der Waals surface area contributed by atoms with Gasteiger partial charge in [0.2, 0.25) is 5.91 Å². The van der Waals surface area contributed by atoms with E-state index in [1.54, 1.807) is 30.3 Å². The van der Waals surface area contributed by atoms with Gasteiger partial charge in [-0.2, -0.15) is 0 Å². The van der Waals surface area contributed by atoms with Crippen LogP contribution < -0.4 is 15.5 Å². The molecule has 0 aromatic heterocycles. The summed E-state index contributed by atoms with van der Waals surface area (Å²) in [4.78, 5) is 37.7. The lowest BCUT2D eigenvalue weighted by Crippen LogP contribution is -2.33. The molecule has 0 aliphatic carbocycles. The fourth-order valence-corrected chi connectivity index (χ4v) is 3.78. The van der Waals surface area contributed by atoms with Gasteiger partial charge in [0.25, 0.3) is 0 Å². The summed E-state index contributed by atoms with van der Waals surface area (Å²) < 4.78 is 25.9. The molecule has 0 spiro atoms. The molecule has 4 rings (SSSR count). The normalized spacial score (nSPS) is 15.7. The van der Waals surface area contributed by atoms with Gasteiger partial charge in [-0.15, -0.1) is 0 Å². The average molecular weight is 492 g/mol. The topological polar surface area (TPSA) is 97.0 Å². The monoisotopic (exact) mass is 491 g/mol. The Labute approximate surface area is 208 Å².